The molecule has 6 nitrogen and oxygen atoms in total. The molecule has 0 saturated carbocycles. The van der Waals surface area contributed by atoms with Crippen LogP contribution in [0.5, 0.6) is 0 Å². The lowest BCUT2D eigenvalue weighted by atomic mass is 10.2. The Morgan fingerprint density at radius 1 is 1.17 bits per heavy atom. The van der Waals surface area contributed by atoms with E-state index < -0.39 is 6.04 Å². The summed E-state index contributed by atoms with van der Waals surface area (Å²) in [7, 11) is 1.74. The van der Waals surface area contributed by atoms with Crippen molar-refractivity contribution in [2.75, 3.05) is 30.9 Å². The number of aliphatic hydroxyl groups is 2. The highest BCUT2D eigenvalue weighted by atomic mass is 16.3. The molecule has 0 aliphatic carbocycles. The van der Waals surface area contributed by atoms with Crippen molar-refractivity contribution < 1.29 is 10.2 Å². The molecule has 0 aliphatic heterocycles. The molecule has 0 bridgehead atoms. The maximum absolute atomic E-state index is 9.10. The fraction of sp³-hybridized carbons (Fsp3) is 0.333. The number of nitrogens with zero attached hydrogens (tertiary/aromatic N) is 2. The van der Waals surface area contributed by atoms with Crippen LogP contribution in [-0.4, -0.2) is 46.5 Å². The second-order valence-electron chi connectivity index (χ2n) is 3.87. The van der Waals surface area contributed by atoms with Crippen molar-refractivity contribution in [2.45, 2.75) is 6.04 Å². The first-order valence-electron chi connectivity index (χ1n) is 5.71. The third kappa shape index (κ3) is 2.49. The van der Waals surface area contributed by atoms with E-state index in [1.807, 2.05) is 24.3 Å². The van der Waals surface area contributed by atoms with E-state index in [0.717, 1.165) is 10.9 Å². The van der Waals surface area contributed by atoms with Crippen molar-refractivity contribution in [2.24, 2.45) is 0 Å². The third-order valence-corrected chi connectivity index (χ3v) is 2.61. The van der Waals surface area contributed by atoms with Crippen molar-refractivity contribution in [3.63, 3.8) is 0 Å². The van der Waals surface area contributed by atoms with Gasteiger partial charge in [0.05, 0.1) is 24.8 Å². The summed E-state index contributed by atoms with van der Waals surface area (Å²) >= 11 is 0. The zero-order chi connectivity index (χ0) is 13.0. The van der Waals surface area contributed by atoms with Gasteiger partial charge >= 0.3 is 0 Å². The number of para-hydroxylation sites is 1. The average molecular weight is 248 g/mol. The van der Waals surface area contributed by atoms with Gasteiger partial charge in [0.1, 0.15) is 5.82 Å². The molecule has 96 valence electrons. The summed E-state index contributed by atoms with van der Waals surface area (Å²) in [5, 5.41) is 24.9. The summed E-state index contributed by atoms with van der Waals surface area (Å²) in [5.41, 5.74) is 0.800. The van der Waals surface area contributed by atoms with Gasteiger partial charge in [-0.15, -0.1) is 0 Å². The molecule has 6 heteroatoms. The maximum Gasteiger partial charge on any atom is 0.224 e. The van der Waals surface area contributed by atoms with E-state index in [1.54, 1.807) is 7.05 Å². The van der Waals surface area contributed by atoms with Gasteiger partial charge in [0, 0.05) is 12.4 Å². The van der Waals surface area contributed by atoms with E-state index in [4.69, 9.17) is 10.2 Å². The Morgan fingerprint density at radius 3 is 2.56 bits per heavy atom. The van der Waals surface area contributed by atoms with Gasteiger partial charge in [-0.25, -0.2) is 4.98 Å². The van der Waals surface area contributed by atoms with Gasteiger partial charge in [-0.3, -0.25) is 0 Å². The number of fused-ring (bicyclic) bond motifs is 1. The first-order valence-corrected chi connectivity index (χ1v) is 5.71. The molecule has 0 amide bonds. The summed E-state index contributed by atoms with van der Waals surface area (Å²) in [6.45, 7) is -0.326. The molecule has 1 heterocycles. The van der Waals surface area contributed by atoms with E-state index in [2.05, 4.69) is 20.6 Å². The van der Waals surface area contributed by atoms with Gasteiger partial charge in [-0.1, -0.05) is 12.1 Å². The number of rotatable bonds is 5. The largest absolute Gasteiger partial charge is 0.394 e. The Kier molecular flexibility index (Phi) is 3.91. The smallest absolute Gasteiger partial charge is 0.224 e. The fourth-order valence-corrected chi connectivity index (χ4v) is 1.64. The van der Waals surface area contributed by atoms with E-state index in [0.29, 0.717) is 11.8 Å². The minimum absolute atomic E-state index is 0.163. The number of aliphatic hydroxyl groups excluding tert-OH is 2. The van der Waals surface area contributed by atoms with Crippen LogP contribution >= 0.6 is 0 Å². The Hall–Kier alpha value is -1.92. The molecule has 4 N–H and O–H groups in total. The van der Waals surface area contributed by atoms with Gasteiger partial charge in [-0.2, -0.15) is 4.98 Å². The average Bonchev–Trinajstić information content (AvgIpc) is 2.44. The van der Waals surface area contributed by atoms with Gasteiger partial charge in [0.15, 0.2) is 0 Å². The summed E-state index contributed by atoms with van der Waals surface area (Å²) in [4.78, 5) is 8.63. The molecule has 2 rings (SSSR count). The van der Waals surface area contributed by atoms with Crippen molar-refractivity contribution in [1.82, 2.24) is 9.97 Å². The highest BCUT2D eigenvalue weighted by Gasteiger charge is 2.11. The predicted octanol–water partition coefficient (Wildman–Crippen LogP) is 0.437. The van der Waals surface area contributed by atoms with Gasteiger partial charge in [0.25, 0.3) is 0 Å². The number of hydrogen-bond acceptors (Lipinski definition) is 6. The van der Waals surface area contributed by atoms with Crippen LogP contribution in [-0.2, 0) is 0 Å². The maximum atomic E-state index is 9.10. The van der Waals surface area contributed by atoms with Crippen molar-refractivity contribution in [3.8, 4) is 0 Å². The Bertz CT molecular complexity index is 528. The SMILES string of the molecule is CNc1nc(NC(CO)CO)c2ccccc2n1. The third-order valence-electron chi connectivity index (χ3n) is 2.61. The summed E-state index contributed by atoms with van der Waals surface area (Å²) in [5.74, 6) is 1.09. The zero-order valence-electron chi connectivity index (χ0n) is 10.1. The van der Waals surface area contributed by atoms with Crippen LogP contribution in [0.2, 0.25) is 0 Å². The van der Waals surface area contributed by atoms with Crippen molar-refractivity contribution in [1.29, 1.82) is 0 Å². The lowest BCUT2D eigenvalue weighted by molar-refractivity contribution is 0.203. The monoisotopic (exact) mass is 248 g/mol. The van der Waals surface area contributed by atoms with Gasteiger partial charge in [0.2, 0.25) is 5.95 Å². The minimum Gasteiger partial charge on any atom is -0.394 e. The second kappa shape index (κ2) is 5.61. The van der Waals surface area contributed by atoms with Crippen LogP contribution in [0.15, 0.2) is 24.3 Å². The second-order valence-corrected chi connectivity index (χ2v) is 3.87. The lowest BCUT2D eigenvalue weighted by Gasteiger charge is -2.16. The van der Waals surface area contributed by atoms with Gasteiger partial charge in [-0.05, 0) is 12.1 Å². The van der Waals surface area contributed by atoms with Crippen LogP contribution < -0.4 is 10.6 Å². The number of hydrogen-bond donors (Lipinski definition) is 4. The highest BCUT2D eigenvalue weighted by molar-refractivity contribution is 5.90. The van der Waals surface area contributed by atoms with Crippen molar-refractivity contribution in [3.05, 3.63) is 24.3 Å². The zero-order valence-corrected chi connectivity index (χ0v) is 10.1. The molecular weight excluding hydrogens is 232 g/mol. The molecule has 0 saturated heterocycles. The number of nitrogens with one attached hydrogen (secondary N) is 2. The molecule has 0 aliphatic rings. The molecule has 1 aromatic carbocycles. The molecule has 0 radical (unpaired) electrons. The molecule has 18 heavy (non-hydrogen) atoms. The number of benzene rings is 1. The summed E-state index contributed by atoms with van der Waals surface area (Å²) in [6, 6.07) is 7.13. The lowest BCUT2D eigenvalue weighted by Crippen LogP contribution is -2.28. The first-order chi connectivity index (χ1) is 8.78. The van der Waals surface area contributed by atoms with E-state index in [1.165, 1.54) is 0 Å². The van der Waals surface area contributed by atoms with E-state index in [-0.39, 0.29) is 13.2 Å². The standard InChI is InChI=1S/C12H16N4O2/c1-13-12-15-10-5-3-2-4-9(10)11(16-12)14-8(6-17)7-18/h2-5,8,17-18H,6-7H2,1H3,(H2,13,14,15,16). The number of anilines is 2. The minimum atomic E-state index is -0.437. The van der Waals surface area contributed by atoms with Gasteiger partial charge < -0.3 is 20.8 Å². The summed E-state index contributed by atoms with van der Waals surface area (Å²) < 4.78 is 0. The Balaban J connectivity index is 2.46. The molecule has 0 unspecified atom stereocenters. The highest BCUT2D eigenvalue weighted by Crippen LogP contribution is 2.22. The molecular formula is C12H16N4O2. The molecule has 0 spiro atoms. The Labute approximate surface area is 105 Å². The van der Waals surface area contributed by atoms with Crippen molar-refractivity contribution >= 4 is 22.7 Å². The topological polar surface area (TPSA) is 90.3 Å². The molecule has 0 fully saturated rings. The first kappa shape index (κ1) is 12.5. The quantitative estimate of drug-likeness (QED) is 0.614. The molecule has 2 aromatic rings. The fourth-order valence-electron chi connectivity index (χ4n) is 1.64. The predicted molar refractivity (Wildman–Crippen MR) is 70.7 cm³/mol. The van der Waals surface area contributed by atoms with E-state index >= 15 is 0 Å². The van der Waals surface area contributed by atoms with Crippen LogP contribution in [0.3, 0.4) is 0 Å². The van der Waals surface area contributed by atoms with Crippen LogP contribution in [0.25, 0.3) is 10.9 Å². The summed E-state index contributed by atoms with van der Waals surface area (Å²) in [6.07, 6.45) is 0. The Morgan fingerprint density at radius 2 is 1.89 bits per heavy atom. The van der Waals surface area contributed by atoms with Crippen LogP contribution in [0.1, 0.15) is 0 Å². The van der Waals surface area contributed by atoms with Crippen LogP contribution in [0, 0.1) is 0 Å². The molecule has 1 aromatic heterocycles. The normalized spacial score (nSPS) is 10.9. The molecule has 0 atom stereocenters. The van der Waals surface area contributed by atoms with E-state index in [9.17, 15) is 0 Å². The van der Waals surface area contributed by atoms with Crippen LogP contribution in [0.4, 0.5) is 11.8 Å². The number of aromatic nitrogens is 2.